The number of nitrogen functional groups attached to an aromatic ring is 1. The SMILES string of the molecule is Nc1ccc(O)cc1Oc1ccccc1. The lowest BCUT2D eigenvalue weighted by Crippen LogP contribution is -1.91. The van der Waals surface area contributed by atoms with E-state index in [-0.39, 0.29) is 5.75 Å². The van der Waals surface area contributed by atoms with Gasteiger partial charge >= 0.3 is 0 Å². The highest BCUT2D eigenvalue weighted by atomic mass is 16.5. The minimum absolute atomic E-state index is 0.134. The van der Waals surface area contributed by atoms with Gasteiger partial charge in [0.1, 0.15) is 11.5 Å². The molecule has 0 atom stereocenters. The van der Waals surface area contributed by atoms with Gasteiger partial charge < -0.3 is 15.6 Å². The highest BCUT2D eigenvalue weighted by molar-refractivity contribution is 5.56. The number of nitrogens with two attached hydrogens (primary N) is 1. The van der Waals surface area contributed by atoms with Crippen LogP contribution in [0.25, 0.3) is 0 Å². The fraction of sp³-hybridized carbons (Fsp3) is 0. The first-order valence-electron chi connectivity index (χ1n) is 4.57. The molecule has 0 fully saturated rings. The zero-order chi connectivity index (χ0) is 10.7. The van der Waals surface area contributed by atoms with Gasteiger partial charge in [-0.2, -0.15) is 0 Å². The van der Waals surface area contributed by atoms with Crippen molar-refractivity contribution in [2.24, 2.45) is 0 Å². The molecule has 0 aliphatic carbocycles. The van der Waals surface area contributed by atoms with Crippen LogP contribution >= 0.6 is 0 Å². The van der Waals surface area contributed by atoms with Crippen molar-refractivity contribution in [1.29, 1.82) is 0 Å². The predicted molar refractivity (Wildman–Crippen MR) is 59.0 cm³/mol. The molecule has 76 valence electrons. The number of hydrogen-bond donors (Lipinski definition) is 2. The van der Waals surface area contributed by atoms with Crippen LogP contribution in [0.5, 0.6) is 17.2 Å². The highest BCUT2D eigenvalue weighted by Gasteiger charge is 2.02. The summed E-state index contributed by atoms with van der Waals surface area (Å²) in [5.41, 5.74) is 6.20. The van der Waals surface area contributed by atoms with Crippen molar-refractivity contribution in [2.75, 3.05) is 5.73 Å². The summed E-state index contributed by atoms with van der Waals surface area (Å²) >= 11 is 0. The molecule has 2 aromatic carbocycles. The number of rotatable bonds is 2. The van der Waals surface area contributed by atoms with E-state index in [4.69, 9.17) is 10.5 Å². The van der Waals surface area contributed by atoms with Gasteiger partial charge in [-0.05, 0) is 24.3 Å². The van der Waals surface area contributed by atoms with Crippen molar-refractivity contribution in [3.05, 3.63) is 48.5 Å². The first-order chi connectivity index (χ1) is 7.25. The van der Waals surface area contributed by atoms with Crippen LogP contribution in [0.3, 0.4) is 0 Å². The Kier molecular flexibility index (Phi) is 2.46. The Hall–Kier alpha value is -2.16. The molecule has 3 nitrogen and oxygen atoms in total. The Labute approximate surface area is 87.7 Å². The largest absolute Gasteiger partial charge is 0.508 e. The maximum Gasteiger partial charge on any atom is 0.153 e. The van der Waals surface area contributed by atoms with Crippen LogP contribution in [0.1, 0.15) is 0 Å². The van der Waals surface area contributed by atoms with Gasteiger partial charge in [-0.3, -0.25) is 0 Å². The molecule has 0 saturated heterocycles. The Morgan fingerprint density at radius 3 is 2.47 bits per heavy atom. The Bertz CT molecular complexity index is 454. The first-order valence-corrected chi connectivity index (χ1v) is 4.57. The molecule has 0 aromatic heterocycles. The van der Waals surface area contributed by atoms with E-state index in [0.29, 0.717) is 17.2 Å². The molecule has 0 aliphatic heterocycles. The number of para-hydroxylation sites is 1. The molecule has 2 aromatic rings. The van der Waals surface area contributed by atoms with Gasteiger partial charge in [-0.25, -0.2) is 0 Å². The molecule has 0 aliphatic rings. The molecule has 0 heterocycles. The molecule has 2 rings (SSSR count). The Morgan fingerprint density at radius 2 is 1.73 bits per heavy atom. The highest BCUT2D eigenvalue weighted by Crippen LogP contribution is 2.30. The molecular formula is C12H11NO2. The summed E-state index contributed by atoms with van der Waals surface area (Å²) in [5.74, 6) is 1.28. The molecule has 0 bridgehead atoms. The smallest absolute Gasteiger partial charge is 0.153 e. The van der Waals surface area contributed by atoms with E-state index >= 15 is 0 Å². The maximum absolute atomic E-state index is 9.28. The van der Waals surface area contributed by atoms with Gasteiger partial charge in [0.2, 0.25) is 0 Å². The lowest BCUT2D eigenvalue weighted by Gasteiger charge is -2.08. The second-order valence-electron chi connectivity index (χ2n) is 3.14. The molecule has 0 radical (unpaired) electrons. The quantitative estimate of drug-likeness (QED) is 0.580. The maximum atomic E-state index is 9.28. The van der Waals surface area contributed by atoms with Crippen molar-refractivity contribution in [3.63, 3.8) is 0 Å². The summed E-state index contributed by atoms with van der Waals surface area (Å²) in [7, 11) is 0. The monoisotopic (exact) mass is 201 g/mol. The lowest BCUT2D eigenvalue weighted by molar-refractivity contribution is 0.456. The van der Waals surface area contributed by atoms with Crippen LogP contribution in [0.2, 0.25) is 0 Å². The molecule has 15 heavy (non-hydrogen) atoms. The third-order valence-corrected chi connectivity index (χ3v) is 1.97. The fourth-order valence-corrected chi connectivity index (χ4v) is 1.23. The zero-order valence-corrected chi connectivity index (χ0v) is 8.05. The third kappa shape index (κ3) is 2.20. The van der Waals surface area contributed by atoms with Gasteiger partial charge in [0.05, 0.1) is 5.69 Å². The zero-order valence-electron chi connectivity index (χ0n) is 8.05. The van der Waals surface area contributed by atoms with Gasteiger partial charge in [0.25, 0.3) is 0 Å². The molecule has 0 unspecified atom stereocenters. The van der Waals surface area contributed by atoms with E-state index in [0.717, 1.165) is 0 Å². The standard InChI is InChI=1S/C12H11NO2/c13-11-7-6-9(14)8-12(11)15-10-4-2-1-3-5-10/h1-8,14H,13H2. The van der Waals surface area contributed by atoms with E-state index in [9.17, 15) is 5.11 Å². The number of phenols is 1. The Balaban J connectivity index is 2.28. The summed E-state index contributed by atoms with van der Waals surface area (Å²) in [6.45, 7) is 0. The number of anilines is 1. The molecular weight excluding hydrogens is 190 g/mol. The van der Waals surface area contributed by atoms with Crippen LogP contribution in [0.4, 0.5) is 5.69 Å². The van der Waals surface area contributed by atoms with Crippen molar-refractivity contribution in [3.8, 4) is 17.2 Å². The minimum Gasteiger partial charge on any atom is -0.508 e. The van der Waals surface area contributed by atoms with Crippen molar-refractivity contribution >= 4 is 5.69 Å². The van der Waals surface area contributed by atoms with Crippen molar-refractivity contribution in [2.45, 2.75) is 0 Å². The summed E-state index contributed by atoms with van der Waals surface area (Å²) in [4.78, 5) is 0. The van der Waals surface area contributed by atoms with E-state index in [1.54, 1.807) is 6.07 Å². The third-order valence-electron chi connectivity index (χ3n) is 1.97. The van der Waals surface area contributed by atoms with Crippen LogP contribution < -0.4 is 10.5 Å². The number of ether oxygens (including phenoxy) is 1. The topological polar surface area (TPSA) is 55.5 Å². The van der Waals surface area contributed by atoms with Gasteiger partial charge in [0.15, 0.2) is 5.75 Å². The molecule has 0 spiro atoms. The molecule has 3 N–H and O–H groups in total. The lowest BCUT2D eigenvalue weighted by atomic mass is 10.3. The molecule has 0 saturated carbocycles. The number of phenolic OH excluding ortho intramolecular Hbond substituents is 1. The first kappa shape index (κ1) is 9.40. The van der Waals surface area contributed by atoms with E-state index in [2.05, 4.69) is 0 Å². The average Bonchev–Trinajstić information content (AvgIpc) is 2.25. The second-order valence-corrected chi connectivity index (χ2v) is 3.14. The fourth-order valence-electron chi connectivity index (χ4n) is 1.23. The number of benzene rings is 2. The summed E-state index contributed by atoms with van der Waals surface area (Å²) in [6.07, 6.45) is 0. The minimum atomic E-state index is 0.134. The van der Waals surface area contributed by atoms with E-state index in [1.807, 2.05) is 30.3 Å². The van der Waals surface area contributed by atoms with Crippen molar-refractivity contribution < 1.29 is 9.84 Å². The van der Waals surface area contributed by atoms with Crippen LogP contribution in [-0.2, 0) is 0 Å². The Morgan fingerprint density at radius 1 is 1.00 bits per heavy atom. The van der Waals surface area contributed by atoms with Crippen LogP contribution in [-0.4, -0.2) is 5.11 Å². The molecule has 0 amide bonds. The van der Waals surface area contributed by atoms with E-state index in [1.165, 1.54) is 12.1 Å². The average molecular weight is 201 g/mol. The number of aromatic hydroxyl groups is 1. The predicted octanol–water partition coefficient (Wildman–Crippen LogP) is 2.77. The van der Waals surface area contributed by atoms with Gasteiger partial charge in [-0.15, -0.1) is 0 Å². The summed E-state index contributed by atoms with van der Waals surface area (Å²) in [6, 6.07) is 13.9. The normalized spacial score (nSPS) is 9.87. The van der Waals surface area contributed by atoms with Crippen LogP contribution in [0, 0.1) is 0 Å². The van der Waals surface area contributed by atoms with Crippen molar-refractivity contribution in [1.82, 2.24) is 0 Å². The summed E-state index contributed by atoms with van der Waals surface area (Å²) < 4.78 is 5.50. The van der Waals surface area contributed by atoms with Gasteiger partial charge in [0, 0.05) is 6.07 Å². The number of hydrogen-bond acceptors (Lipinski definition) is 3. The van der Waals surface area contributed by atoms with E-state index < -0.39 is 0 Å². The summed E-state index contributed by atoms with van der Waals surface area (Å²) in [5, 5.41) is 9.28. The van der Waals surface area contributed by atoms with Crippen LogP contribution in [0.15, 0.2) is 48.5 Å². The molecule has 3 heteroatoms. The second kappa shape index (κ2) is 3.92. The van der Waals surface area contributed by atoms with Gasteiger partial charge in [-0.1, -0.05) is 18.2 Å².